The maximum atomic E-state index is 13.5. The molecule has 3 heteroatoms. The van der Waals surface area contributed by atoms with E-state index in [1.165, 1.54) is 6.07 Å². The van der Waals surface area contributed by atoms with E-state index in [0.29, 0.717) is 22.9 Å². The molecule has 82 valence electrons. The Bertz CT molecular complexity index is 333. The molecule has 15 heavy (non-hydrogen) atoms. The zero-order valence-electron chi connectivity index (χ0n) is 8.42. The molecular formula is C12H14ClFO. The molecule has 0 radical (unpaired) electrons. The van der Waals surface area contributed by atoms with Crippen LogP contribution < -0.4 is 0 Å². The number of hydrogen-bond donors (Lipinski definition) is 1. The van der Waals surface area contributed by atoms with Crippen molar-refractivity contribution in [2.75, 3.05) is 0 Å². The van der Waals surface area contributed by atoms with Crippen molar-refractivity contribution in [1.29, 1.82) is 0 Å². The van der Waals surface area contributed by atoms with Gasteiger partial charge in [0.1, 0.15) is 5.82 Å². The summed E-state index contributed by atoms with van der Waals surface area (Å²) in [5.74, 6) is 0.137. The molecule has 2 unspecified atom stereocenters. The average Bonchev–Trinajstić information content (AvgIpc) is 2.58. The third-order valence-electron chi connectivity index (χ3n) is 3.07. The molecule has 1 saturated carbocycles. The van der Waals surface area contributed by atoms with Gasteiger partial charge < -0.3 is 5.11 Å². The molecule has 0 heterocycles. The lowest BCUT2D eigenvalue weighted by Crippen LogP contribution is -2.05. The molecule has 0 bridgehead atoms. The van der Waals surface area contributed by atoms with Crippen molar-refractivity contribution in [2.24, 2.45) is 5.92 Å². The van der Waals surface area contributed by atoms with Crippen molar-refractivity contribution < 1.29 is 9.50 Å². The zero-order chi connectivity index (χ0) is 10.8. The fourth-order valence-electron chi connectivity index (χ4n) is 2.25. The highest BCUT2D eigenvalue weighted by Gasteiger charge is 2.24. The second-order valence-corrected chi connectivity index (χ2v) is 4.64. The lowest BCUT2D eigenvalue weighted by Gasteiger charge is -2.11. The van der Waals surface area contributed by atoms with Gasteiger partial charge in [-0.15, -0.1) is 0 Å². The third-order valence-corrected chi connectivity index (χ3v) is 3.42. The van der Waals surface area contributed by atoms with E-state index in [1.54, 1.807) is 12.1 Å². The van der Waals surface area contributed by atoms with E-state index in [1.807, 2.05) is 0 Å². The fourth-order valence-corrected chi connectivity index (χ4v) is 2.49. The number of rotatable bonds is 2. The topological polar surface area (TPSA) is 20.2 Å². The van der Waals surface area contributed by atoms with Gasteiger partial charge in [-0.05, 0) is 43.7 Å². The smallest absolute Gasteiger partial charge is 0.127 e. The summed E-state index contributed by atoms with van der Waals surface area (Å²) in [7, 11) is 0. The van der Waals surface area contributed by atoms with Crippen molar-refractivity contribution in [3.05, 3.63) is 34.6 Å². The predicted octanol–water partition coefficient (Wildman–Crippen LogP) is 3.18. The Kier molecular flexibility index (Phi) is 3.27. The van der Waals surface area contributed by atoms with Crippen LogP contribution in [0.15, 0.2) is 18.2 Å². The largest absolute Gasteiger partial charge is 0.393 e. The summed E-state index contributed by atoms with van der Waals surface area (Å²) in [6, 6.07) is 4.77. The number of benzene rings is 1. The Labute approximate surface area is 93.9 Å². The van der Waals surface area contributed by atoms with Crippen LogP contribution in [0.1, 0.15) is 24.8 Å². The Hall–Kier alpha value is -0.600. The van der Waals surface area contributed by atoms with Gasteiger partial charge in [-0.1, -0.05) is 17.7 Å². The maximum absolute atomic E-state index is 13.5. The second kappa shape index (κ2) is 4.50. The van der Waals surface area contributed by atoms with Crippen molar-refractivity contribution in [2.45, 2.75) is 31.8 Å². The Morgan fingerprint density at radius 2 is 2.20 bits per heavy atom. The highest BCUT2D eigenvalue weighted by molar-refractivity contribution is 6.31. The van der Waals surface area contributed by atoms with Gasteiger partial charge in [0.15, 0.2) is 0 Å². The van der Waals surface area contributed by atoms with E-state index in [-0.39, 0.29) is 11.9 Å². The number of aliphatic hydroxyl groups is 1. The first-order chi connectivity index (χ1) is 7.16. The summed E-state index contributed by atoms with van der Waals surface area (Å²) >= 11 is 5.94. The molecule has 0 amide bonds. The highest BCUT2D eigenvalue weighted by Crippen LogP contribution is 2.31. The number of hydrogen-bond acceptors (Lipinski definition) is 1. The molecule has 1 aliphatic rings. The van der Waals surface area contributed by atoms with E-state index in [9.17, 15) is 9.50 Å². The molecule has 1 N–H and O–H groups in total. The number of aliphatic hydroxyl groups excluding tert-OH is 1. The summed E-state index contributed by atoms with van der Waals surface area (Å²) < 4.78 is 13.5. The first-order valence-corrected chi connectivity index (χ1v) is 5.65. The van der Waals surface area contributed by atoms with Gasteiger partial charge in [-0.2, -0.15) is 0 Å². The van der Waals surface area contributed by atoms with Crippen LogP contribution in [-0.4, -0.2) is 11.2 Å². The Balaban J connectivity index is 2.10. The van der Waals surface area contributed by atoms with Crippen molar-refractivity contribution in [3.8, 4) is 0 Å². The molecular weight excluding hydrogens is 215 g/mol. The monoisotopic (exact) mass is 228 g/mol. The third kappa shape index (κ3) is 2.50. The van der Waals surface area contributed by atoms with Crippen LogP contribution in [-0.2, 0) is 6.42 Å². The lowest BCUT2D eigenvalue weighted by molar-refractivity contribution is 0.177. The highest BCUT2D eigenvalue weighted by atomic mass is 35.5. The molecule has 2 rings (SSSR count). The molecule has 2 atom stereocenters. The van der Waals surface area contributed by atoms with Gasteiger partial charge in [0.2, 0.25) is 0 Å². The molecule has 1 aromatic rings. The van der Waals surface area contributed by atoms with Crippen molar-refractivity contribution in [3.63, 3.8) is 0 Å². The van der Waals surface area contributed by atoms with Gasteiger partial charge >= 0.3 is 0 Å². The molecule has 1 aromatic carbocycles. The van der Waals surface area contributed by atoms with Gasteiger partial charge in [-0.3, -0.25) is 0 Å². The average molecular weight is 229 g/mol. The molecule has 0 aliphatic heterocycles. The standard InChI is InChI=1S/C12H14ClFO/c13-11-2-1-3-12(14)10(11)7-8-4-5-9(15)6-8/h1-3,8-9,15H,4-7H2. The minimum atomic E-state index is -0.233. The molecule has 0 spiro atoms. The van der Waals surface area contributed by atoms with Crippen LogP contribution in [0, 0.1) is 11.7 Å². The van der Waals surface area contributed by atoms with Crippen LogP contribution in [0.2, 0.25) is 5.02 Å². The quantitative estimate of drug-likeness (QED) is 0.824. The van der Waals surface area contributed by atoms with Gasteiger partial charge in [0.05, 0.1) is 6.10 Å². The van der Waals surface area contributed by atoms with E-state index in [4.69, 9.17) is 11.6 Å². The van der Waals surface area contributed by atoms with Crippen LogP contribution in [0.25, 0.3) is 0 Å². The summed E-state index contributed by atoms with van der Waals surface area (Å²) in [4.78, 5) is 0. The van der Waals surface area contributed by atoms with Gasteiger partial charge in [0, 0.05) is 10.6 Å². The second-order valence-electron chi connectivity index (χ2n) is 4.24. The van der Waals surface area contributed by atoms with Crippen LogP contribution in [0.4, 0.5) is 4.39 Å². The molecule has 1 fully saturated rings. The fraction of sp³-hybridized carbons (Fsp3) is 0.500. The minimum absolute atomic E-state index is 0.208. The van der Waals surface area contributed by atoms with Crippen molar-refractivity contribution >= 4 is 11.6 Å². The first kappa shape index (κ1) is 10.9. The Morgan fingerprint density at radius 1 is 1.40 bits per heavy atom. The SMILES string of the molecule is OC1CCC(Cc2c(F)cccc2Cl)C1. The van der Waals surface area contributed by atoms with Crippen molar-refractivity contribution in [1.82, 2.24) is 0 Å². The van der Waals surface area contributed by atoms with E-state index < -0.39 is 0 Å². The summed E-state index contributed by atoms with van der Waals surface area (Å²) in [6.07, 6.45) is 3.00. The van der Waals surface area contributed by atoms with Gasteiger partial charge in [-0.25, -0.2) is 4.39 Å². The van der Waals surface area contributed by atoms with Crippen LogP contribution in [0.3, 0.4) is 0 Å². The lowest BCUT2D eigenvalue weighted by atomic mass is 9.97. The first-order valence-electron chi connectivity index (χ1n) is 5.27. The van der Waals surface area contributed by atoms with E-state index in [0.717, 1.165) is 19.3 Å². The summed E-state index contributed by atoms with van der Waals surface area (Å²) in [6.45, 7) is 0. The van der Waals surface area contributed by atoms with Crippen LogP contribution >= 0.6 is 11.6 Å². The number of halogens is 2. The maximum Gasteiger partial charge on any atom is 0.127 e. The predicted molar refractivity (Wildman–Crippen MR) is 58.5 cm³/mol. The Morgan fingerprint density at radius 3 is 2.80 bits per heavy atom. The normalized spacial score (nSPS) is 25.8. The van der Waals surface area contributed by atoms with E-state index >= 15 is 0 Å². The molecule has 1 aliphatic carbocycles. The molecule has 0 saturated heterocycles. The van der Waals surface area contributed by atoms with Crippen LogP contribution in [0.5, 0.6) is 0 Å². The van der Waals surface area contributed by atoms with Gasteiger partial charge in [0.25, 0.3) is 0 Å². The minimum Gasteiger partial charge on any atom is -0.393 e. The summed E-state index contributed by atoms with van der Waals surface area (Å²) in [5, 5.41) is 9.89. The molecule has 0 aromatic heterocycles. The zero-order valence-corrected chi connectivity index (χ0v) is 9.17. The molecule has 1 nitrogen and oxygen atoms in total. The summed E-state index contributed by atoms with van der Waals surface area (Å²) in [5.41, 5.74) is 0.596. The van der Waals surface area contributed by atoms with E-state index in [2.05, 4.69) is 0 Å².